The van der Waals surface area contributed by atoms with E-state index in [1.165, 1.54) is 32.1 Å². The van der Waals surface area contributed by atoms with E-state index in [0.29, 0.717) is 32.2 Å². The third kappa shape index (κ3) is 4.82. The van der Waals surface area contributed by atoms with Crippen LogP contribution in [0.15, 0.2) is 0 Å². The molecule has 1 aliphatic carbocycles. The van der Waals surface area contributed by atoms with Gasteiger partial charge in [-0.15, -0.1) is 0 Å². The second-order valence-electron chi connectivity index (χ2n) is 5.48. The van der Waals surface area contributed by atoms with Crippen molar-refractivity contribution in [2.45, 2.75) is 51.0 Å². The monoisotopic (exact) mass is 268 g/mol. The summed E-state index contributed by atoms with van der Waals surface area (Å²) in [6.45, 7) is 1.83. The Hall–Kier alpha value is -1.10. The van der Waals surface area contributed by atoms with Gasteiger partial charge in [0.05, 0.1) is 12.0 Å². The van der Waals surface area contributed by atoms with Gasteiger partial charge in [0, 0.05) is 26.1 Å². The van der Waals surface area contributed by atoms with Crippen molar-refractivity contribution >= 4 is 11.8 Å². The zero-order valence-electron chi connectivity index (χ0n) is 11.5. The van der Waals surface area contributed by atoms with Crippen molar-refractivity contribution in [3.63, 3.8) is 0 Å². The molecule has 1 heterocycles. The number of carbonyl (C=O) groups excluding carboxylic acids is 2. The number of carbonyl (C=O) groups is 2. The van der Waals surface area contributed by atoms with E-state index in [0.717, 1.165) is 6.42 Å². The van der Waals surface area contributed by atoms with Gasteiger partial charge in [-0.1, -0.05) is 19.3 Å². The predicted octanol–water partition coefficient (Wildman–Crippen LogP) is 0.978. The van der Waals surface area contributed by atoms with Crippen LogP contribution in [0.25, 0.3) is 0 Å². The Balaban J connectivity index is 1.49. The first-order chi connectivity index (χ1) is 9.25. The minimum atomic E-state index is -0.188. The van der Waals surface area contributed by atoms with Crippen molar-refractivity contribution in [2.24, 2.45) is 5.92 Å². The van der Waals surface area contributed by atoms with E-state index in [4.69, 9.17) is 4.74 Å². The van der Waals surface area contributed by atoms with Crippen LogP contribution in [0.5, 0.6) is 0 Å². The largest absolute Gasteiger partial charge is 0.378 e. The summed E-state index contributed by atoms with van der Waals surface area (Å²) in [7, 11) is 0. The van der Waals surface area contributed by atoms with Crippen LogP contribution in [-0.2, 0) is 14.3 Å². The van der Waals surface area contributed by atoms with E-state index < -0.39 is 0 Å². The van der Waals surface area contributed by atoms with Crippen LogP contribution in [0.3, 0.4) is 0 Å². The number of nitrogens with one attached hydrogen (secondary N) is 2. The number of ether oxygens (including phenoxy) is 1. The fourth-order valence-electron chi connectivity index (χ4n) is 2.70. The third-order valence-corrected chi connectivity index (χ3v) is 3.87. The first-order valence-corrected chi connectivity index (χ1v) is 7.41. The molecular formula is C14H24N2O3. The van der Waals surface area contributed by atoms with E-state index in [-0.39, 0.29) is 17.7 Å². The molecule has 0 aromatic heterocycles. The van der Waals surface area contributed by atoms with Gasteiger partial charge in [-0.2, -0.15) is 0 Å². The molecule has 2 fully saturated rings. The summed E-state index contributed by atoms with van der Waals surface area (Å²) in [5.74, 6) is -0.233. The van der Waals surface area contributed by atoms with Gasteiger partial charge in [-0.3, -0.25) is 9.59 Å². The van der Waals surface area contributed by atoms with E-state index in [2.05, 4.69) is 10.6 Å². The summed E-state index contributed by atoms with van der Waals surface area (Å²) in [4.78, 5) is 22.7. The maximum atomic E-state index is 11.7. The first kappa shape index (κ1) is 14.3. The molecule has 5 heteroatoms. The molecule has 2 amide bonds. The second-order valence-corrected chi connectivity index (χ2v) is 5.48. The quantitative estimate of drug-likeness (QED) is 0.706. The molecule has 2 rings (SSSR count). The lowest BCUT2D eigenvalue weighted by atomic mass is 9.98. The maximum absolute atomic E-state index is 11.7. The van der Waals surface area contributed by atoms with Crippen LogP contribution < -0.4 is 10.6 Å². The summed E-state index contributed by atoms with van der Waals surface area (Å²) in [5.41, 5.74) is 0. The minimum absolute atomic E-state index is 0.0176. The van der Waals surface area contributed by atoms with Crippen LogP contribution >= 0.6 is 0 Å². The Morgan fingerprint density at radius 3 is 2.79 bits per heavy atom. The molecule has 2 aliphatic rings. The molecule has 0 radical (unpaired) electrons. The zero-order valence-corrected chi connectivity index (χ0v) is 11.5. The maximum Gasteiger partial charge on any atom is 0.225 e. The summed E-state index contributed by atoms with van der Waals surface area (Å²) in [6.07, 6.45) is 7.87. The van der Waals surface area contributed by atoms with Crippen molar-refractivity contribution < 1.29 is 14.3 Å². The highest BCUT2D eigenvalue weighted by Crippen LogP contribution is 2.20. The van der Waals surface area contributed by atoms with Gasteiger partial charge >= 0.3 is 0 Å². The standard InChI is InChI=1S/C14H24N2O3/c17-13-9-11(10-16-13)14(18)15-7-4-8-19-12-5-2-1-3-6-12/h11-12H,1-10H2,(H,15,18)(H,16,17). The number of amides is 2. The van der Waals surface area contributed by atoms with Crippen molar-refractivity contribution in [3.8, 4) is 0 Å². The summed E-state index contributed by atoms with van der Waals surface area (Å²) >= 11 is 0. The molecular weight excluding hydrogens is 244 g/mol. The highest BCUT2D eigenvalue weighted by atomic mass is 16.5. The van der Waals surface area contributed by atoms with Gasteiger partial charge in [0.15, 0.2) is 0 Å². The number of rotatable bonds is 6. The smallest absolute Gasteiger partial charge is 0.225 e. The van der Waals surface area contributed by atoms with Gasteiger partial charge in [0.1, 0.15) is 0 Å². The van der Waals surface area contributed by atoms with Gasteiger partial charge < -0.3 is 15.4 Å². The lowest BCUT2D eigenvalue weighted by molar-refractivity contribution is -0.126. The van der Waals surface area contributed by atoms with Crippen LogP contribution in [-0.4, -0.2) is 37.6 Å². The van der Waals surface area contributed by atoms with Gasteiger partial charge in [-0.05, 0) is 19.3 Å². The molecule has 0 bridgehead atoms. The normalized spacial score (nSPS) is 24.2. The van der Waals surface area contributed by atoms with E-state index in [1.807, 2.05) is 0 Å². The molecule has 0 spiro atoms. The second kappa shape index (κ2) is 7.48. The average Bonchev–Trinajstić information content (AvgIpc) is 2.86. The summed E-state index contributed by atoms with van der Waals surface area (Å²) < 4.78 is 5.79. The summed E-state index contributed by atoms with van der Waals surface area (Å²) in [6, 6.07) is 0. The van der Waals surface area contributed by atoms with Gasteiger partial charge in [0.25, 0.3) is 0 Å². The topological polar surface area (TPSA) is 67.4 Å². The third-order valence-electron chi connectivity index (χ3n) is 3.87. The van der Waals surface area contributed by atoms with Crippen LogP contribution in [0, 0.1) is 5.92 Å². The molecule has 1 aliphatic heterocycles. The molecule has 2 N–H and O–H groups in total. The lowest BCUT2D eigenvalue weighted by Gasteiger charge is -2.22. The van der Waals surface area contributed by atoms with Crippen LogP contribution in [0.4, 0.5) is 0 Å². The van der Waals surface area contributed by atoms with Gasteiger partial charge in [0.2, 0.25) is 11.8 Å². The predicted molar refractivity (Wildman–Crippen MR) is 71.6 cm³/mol. The molecule has 1 saturated heterocycles. The van der Waals surface area contributed by atoms with E-state index in [1.54, 1.807) is 0 Å². The first-order valence-electron chi connectivity index (χ1n) is 7.41. The van der Waals surface area contributed by atoms with Gasteiger partial charge in [-0.25, -0.2) is 0 Å². The SMILES string of the molecule is O=C1CC(C(=O)NCCCOC2CCCCC2)CN1. The minimum Gasteiger partial charge on any atom is -0.378 e. The molecule has 1 saturated carbocycles. The van der Waals surface area contributed by atoms with Crippen molar-refractivity contribution in [2.75, 3.05) is 19.7 Å². The highest BCUT2D eigenvalue weighted by Gasteiger charge is 2.27. The van der Waals surface area contributed by atoms with Crippen molar-refractivity contribution in [1.82, 2.24) is 10.6 Å². The molecule has 0 aromatic carbocycles. The summed E-state index contributed by atoms with van der Waals surface area (Å²) in [5, 5.41) is 5.54. The van der Waals surface area contributed by atoms with E-state index >= 15 is 0 Å². The molecule has 19 heavy (non-hydrogen) atoms. The lowest BCUT2D eigenvalue weighted by Crippen LogP contribution is -2.33. The molecule has 0 aromatic rings. The highest BCUT2D eigenvalue weighted by molar-refractivity contribution is 5.89. The van der Waals surface area contributed by atoms with E-state index in [9.17, 15) is 9.59 Å². The molecule has 5 nitrogen and oxygen atoms in total. The van der Waals surface area contributed by atoms with Crippen molar-refractivity contribution in [1.29, 1.82) is 0 Å². The average molecular weight is 268 g/mol. The Kier molecular flexibility index (Phi) is 5.63. The van der Waals surface area contributed by atoms with Crippen molar-refractivity contribution in [3.05, 3.63) is 0 Å². The number of hydrogen-bond acceptors (Lipinski definition) is 3. The molecule has 108 valence electrons. The molecule has 1 unspecified atom stereocenters. The molecule has 1 atom stereocenters. The Morgan fingerprint density at radius 1 is 1.32 bits per heavy atom. The number of hydrogen-bond donors (Lipinski definition) is 2. The fourth-order valence-corrected chi connectivity index (χ4v) is 2.70. The Morgan fingerprint density at radius 2 is 2.11 bits per heavy atom. The zero-order chi connectivity index (χ0) is 13.5. The Bertz CT molecular complexity index is 314. The fraction of sp³-hybridized carbons (Fsp3) is 0.857. The van der Waals surface area contributed by atoms with Crippen LogP contribution in [0.1, 0.15) is 44.9 Å². The Labute approximate surface area is 114 Å². The van der Waals surface area contributed by atoms with Crippen LogP contribution in [0.2, 0.25) is 0 Å².